The molecule has 0 aliphatic rings. The lowest BCUT2D eigenvalue weighted by molar-refractivity contribution is -0.136. The van der Waals surface area contributed by atoms with Gasteiger partial charge in [-0.1, -0.05) is 30.3 Å². The maximum Gasteiger partial charge on any atom is 0.315 e. The van der Waals surface area contributed by atoms with Gasteiger partial charge in [-0.3, -0.25) is 4.79 Å². The summed E-state index contributed by atoms with van der Waals surface area (Å²) in [7, 11) is 0. The second kappa shape index (κ2) is 8.26. The van der Waals surface area contributed by atoms with Crippen molar-refractivity contribution in [3.8, 4) is 0 Å². The number of amides is 2. The molecule has 1 aromatic carbocycles. The van der Waals surface area contributed by atoms with Crippen molar-refractivity contribution in [3.63, 3.8) is 0 Å². The van der Waals surface area contributed by atoms with Crippen molar-refractivity contribution in [2.75, 3.05) is 13.2 Å². The molecule has 0 saturated carbocycles. The second-order valence-corrected chi connectivity index (χ2v) is 5.39. The number of urea groups is 1. The Balaban J connectivity index is 2.26. The van der Waals surface area contributed by atoms with Crippen molar-refractivity contribution < 1.29 is 19.4 Å². The van der Waals surface area contributed by atoms with Crippen molar-refractivity contribution in [1.82, 2.24) is 10.6 Å². The highest BCUT2D eigenvalue weighted by molar-refractivity contribution is 5.75. The molecule has 0 radical (unpaired) electrons. The fraction of sp³-hybridized carbons (Fsp3) is 0.467. The molecule has 0 aliphatic carbocycles. The molecule has 0 aromatic heterocycles. The lowest BCUT2D eigenvalue weighted by Gasteiger charge is -2.26. The van der Waals surface area contributed by atoms with E-state index >= 15 is 0 Å². The van der Waals surface area contributed by atoms with E-state index in [1.54, 1.807) is 0 Å². The summed E-state index contributed by atoms with van der Waals surface area (Å²) < 4.78 is 5.59. The van der Waals surface area contributed by atoms with Crippen LogP contribution < -0.4 is 10.6 Å². The second-order valence-electron chi connectivity index (χ2n) is 5.39. The van der Waals surface area contributed by atoms with Crippen LogP contribution in [-0.4, -0.2) is 35.8 Å². The van der Waals surface area contributed by atoms with Crippen LogP contribution in [0.15, 0.2) is 30.3 Å². The lowest BCUT2D eigenvalue weighted by atomic mass is 10.1. The van der Waals surface area contributed by atoms with Gasteiger partial charge in [0.05, 0.1) is 25.2 Å². The molecule has 116 valence electrons. The first-order valence-electron chi connectivity index (χ1n) is 6.78. The first-order valence-corrected chi connectivity index (χ1v) is 6.78. The van der Waals surface area contributed by atoms with Crippen LogP contribution >= 0.6 is 0 Å². The topological polar surface area (TPSA) is 87.7 Å². The van der Waals surface area contributed by atoms with E-state index < -0.39 is 17.5 Å². The van der Waals surface area contributed by atoms with Crippen molar-refractivity contribution >= 4 is 12.0 Å². The number of carboxylic acid groups (broad SMARTS) is 1. The van der Waals surface area contributed by atoms with E-state index in [0.717, 1.165) is 5.56 Å². The lowest BCUT2D eigenvalue weighted by Crippen LogP contribution is -2.51. The molecule has 1 aromatic rings. The third-order valence-corrected chi connectivity index (χ3v) is 2.65. The first-order chi connectivity index (χ1) is 9.89. The molecule has 0 atom stereocenters. The summed E-state index contributed by atoms with van der Waals surface area (Å²) >= 11 is 0. The van der Waals surface area contributed by atoms with Crippen molar-refractivity contribution in [2.45, 2.75) is 32.4 Å². The summed E-state index contributed by atoms with van der Waals surface area (Å²) in [5.74, 6) is -0.944. The van der Waals surface area contributed by atoms with Crippen LogP contribution in [0.25, 0.3) is 0 Å². The van der Waals surface area contributed by atoms with E-state index in [1.165, 1.54) is 0 Å². The fourth-order valence-electron chi connectivity index (χ4n) is 1.67. The number of rotatable bonds is 8. The van der Waals surface area contributed by atoms with Gasteiger partial charge >= 0.3 is 12.0 Å². The Labute approximate surface area is 124 Å². The van der Waals surface area contributed by atoms with E-state index in [0.29, 0.717) is 13.2 Å². The van der Waals surface area contributed by atoms with Gasteiger partial charge in [-0.05, 0) is 19.4 Å². The molecule has 0 unspecified atom stereocenters. The molecule has 0 spiro atoms. The molecule has 21 heavy (non-hydrogen) atoms. The Bertz CT molecular complexity index is 460. The molecule has 0 heterocycles. The van der Waals surface area contributed by atoms with Gasteiger partial charge in [-0.2, -0.15) is 0 Å². The minimum absolute atomic E-state index is 0.0989. The number of hydrogen-bond acceptors (Lipinski definition) is 3. The number of carbonyl (C=O) groups is 2. The molecule has 0 bridgehead atoms. The predicted molar refractivity (Wildman–Crippen MR) is 79.0 cm³/mol. The number of hydrogen-bond donors (Lipinski definition) is 3. The number of benzene rings is 1. The zero-order valence-electron chi connectivity index (χ0n) is 12.4. The van der Waals surface area contributed by atoms with Gasteiger partial charge in [-0.15, -0.1) is 0 Å². The number of carbonyl (C=O) groups excluding carboxylic acids is 1. The van der Waals surface area contributed by atoms with Crippen LogP contribution in [0.3, 0.4) is 0 Å². The van der Waals surface area contributed by atoms with Crippen LogP contribution in [0.1, 0.15) is 25.8 Å². The van der Waals surface area contributed by atoms with Gasteiger partial charge in [0.2, 0.25) is 0 Å². The average molecular weight is 294 g/mol. The Hall–Kier alpha value is -2.08. The predicted octanol–water partition coefficient (Wildman–Crippen LogP) is 1.76. The van der Waals surface area contributed by atoms with Gasteiger partial charge in [0.15, 0.2) is 0 Å². The zero-order valence-corrected chi connectivity index (χ0v) is 12.4. The standard InChI is InChI=1S/C15H22N2O4/c1-15(2,17-14(20)16-9-8-13(18)19)11-21-10-12-6-4-3-5-7-12/h3-7H,8-11H2,1-2H3,(H,18,19)(H2,16,17,20). The number of carboxylic acids is 1. The first kappa shape index (κ1) is 17.0. The minimum Gasteiger partial charge on any atom is -0.481 e. The molecule has 3 N–H and O–H groups in total. The minimum atomic E-state index is -0.944. The molecular formula is C15H22N2O4. The molecule has 0 fully saturated rings. The highest BCUT2D eigenvalue weighted by atomic mass is 16.5. The normalized spacial score (nSPS) is 11.0. The molecule has 6 nitrogen and oxygen atoms in total. The van der Waals surface area contributed by atoms with E-state index in [2.05, 4.69) is 10.6 Å². The maximum absolute atomic E-state index is 11.6. The Morgan fingerprint density at radius 1 is 1.24 bits per heavy atom. The summed E-state index contributed by atoms with van der Waals surface area (Å²) in [6.45, 7) is 4.62. The van der Waals surface area contributed by atoms with Gasteiger partial charge in [0.1, 0.15) is 0 Å². The van der Waals surface area contributed by atoms with Crippen molar-refractivity contribution in [2.24, 2.45) is 0 Å². The van der Waals surface area contributed by atoms with Crippen LogP contribution in [0, 0.1) is 0 Å². The van der Waals surface area contributed by atoms with Crippen LogP contribution in [-0.2, 0) is 16.1 Å². The number of aliphatic carboxylic acids is 1. The third kappa shape index (κ3) is 7.94. The Morgan fingerprint density at radius 3 is 2.52 bits per heavy atom. The summed E-state index contributed by atoms with van der Waals surface area (Å²) in [6, 6.07) is 9.37. The van der Waals surface area contributed by atoms with Crippen molar-refractivity contribution in [3.05, 3.63) is 35.9 Å². The van der Waals surface area contributed by atoms with Crippen LogP contribution in [0.4, 0.5) is 4.79 Å². The largest absolute Gasteiger partial charge is 0.481 e. The van der Waals surface area contributed by atoms with E-state index in [1.807, 2.05) is 44.2 Å². The molecule has 1 rings (SSSR count). The zero-order chi connectivity index (χ0) is 15.7. The van der Waals surface area contributed by atoms with Gasteiger partial charge in [0, 0.05) is 6.54 Å². The molecule has 6 heteroatoms. The van der Waals surface area contributed by atoms with Gasteiger partial charge < -0.3 is 20.5 Å². The monoisotopic (exact) mass is 294 g/mol. The van der Waals surface area contributed by atoms with Crippen LogP contribution in [0.5, 0.6) is 0 Å². The summed E-state index contributed by atoms with van der Waals surface area (Å²) in [5.41, 5.74) is 0.529. The highest BCUT2D eigenvalue weighted by Crippen LogP contribution is 2.06. The summed E-state index contributed by atoms with van der Waals surface area (Å²) in [6.07, 6.45) is -0.0989. The summed E-state index contributed by atoms with van der Waals surface area (Å²) in [4.78, 5) is 22.0. The SMILES string of the molecule is CC(C)(COCc1ccccc1)NC(=O)NCCC(=O)O. The smallest absolute Gasteiger partial charge is 0.315 e. The number of nitrogens with one attached hydrogen (secondary N) is 2. The van der Waals surface area contributed by atoms with Crippen LogP contribution in [0.2, 0.25) is 0 Å². The maximum atomic E-state index is 11.6. The third-order valence-electron chi connectivity index (χ3n) is 2.65. The molecular weight excluding hydrogens is 272 g/mol. The number of ether oxygens (including phenoxy) is 1. The van der Waals surface area contributed by atoms with Gasteiger partial charge in [-0.25, -0.2) is 4.79 Å². The van der Waals surface area contributed by atoms with E-state index in [-0.39, 0.29) is 13.0 Å². The van der Waals surface area contributed by atoms with E-state index in [4.69, 9.17) is 9.84 Å². The summed E-state index contributed by atoms with van der Waals surface area (Å²) in [5, 5.41) is 13.7. The molecule has 2 amide bonds. The fourth-order valence-corrected chi connectivity index (χ4v) is 1.67. The van der Waals surface area contributed by atoms with Gasteiger partial charge in [0.25, 0.3) is 0 Å². The van der Waals surface area contributed by atoms with Crippen molar-refractivity contribution in [1.29, 1.82) is 0 Å². The highest BCUT2D eigenvalue weighted by Gasteiger charge is 2.20. The quantitative estimate of drug-likeness (QED) is 0.681. The Kier molecular flexibility index (Phi) is 6.68. The average Bonchev–Trinajstić information content (AvgIpc) is 2.38. The molecule has 0 saturated heterocycles. The Morgan fingerprint density at radius 2 is 1.90 bits per heavy atom. The molecule has 0 aliphatic heterocycles. The van der Waals surface area contributed by atoms with E-state index in [9.17, 15) is 9.59 Å².